The van der Waals surface area contributed by atoms with Crippen molar-refractivity contribution in [1.29, 1.82) is 0 Å². The van der Waals surface area contributed by atoms with Gasteiger partial charge in [-0.3, -0.25) is 14.6 Å². The third kappa shape index (κ3) is 4.83. The van der Waals surface area contributed by atoms with E-state index in [9.17, 15) is 4.79 Å². The Hall–Kier alpha value is -3.05. The molecule has 0 N–H and O–H groups in total. The van der Waals surface area contributed by atoms with E-state index >= 15 is 0 Å². The van der Waals surface area contributed by atoms with Crippen molar-refractivity contribution < 1.29 is 4.79 Å². The molecule has 1 atom stereocenters. The van der Waals surface area contributed by atoms with Gasteiger partial charge in [0.25, 0.3) is 0 Å². The maximum Gasteiger partial charge on any atom is 0.228 e. The van der Waals surface area contributed by atoms with Crippen molar-refractivity contribution in [3.8, 4) is 0 Å². The molecule has 1 unspecified atom stereocenters. The van der Waals surface area contributed by atoms with Crippen LogP contribution in [0.2, 0.25) is 0 Å². The fourth-order valence-corrected chi connectivity index (χ4v) is 5.16. The van der Waals surface area contributed by atoms with Crippen LogP contribution in [0.1, 0.15) is 59.9 Å². The van der Waals surface area contributed by atoms with Crippen LogP contribution in [0.5, 0.6) is 0 Å². The molecule has 3 aromatic rings. The zero-order valence-electron chi connectivity index (χ0n) is 19.4. The highest BCUT2D eigenvalue weighted by Gasteiger charge is 2.32. The number of anilines is 1. The minimum Gasteiger partial charge on any atom is -0.296 e. The topological polar surface area (TPSA) is 49.3 Å². The molecule has 2 aliphatic heterocycles. The van der Waals surface area contributed by atoms with Gasteiger partial charge in [-0.05, 0) is 50.3 Å². The minimum absolute atomic E-state index is 0.173. The van der Waals surface area contributed by atoms with Crippen molar-refractivity contribution in [2.45, 2.75) is 58.0 Å². The summed E-state index contributed by atoms with van der Waals surface area (Å²) >= 11 is 0. The number of aryl methyl sites for hydroxylation is 1. The number of carbonyl (C=O) groups is 1. The monoisotopic (exact) mass is 440 g/mol. The molecular formula is C28H32N4O. The highest BCUT2D eigenvalue weighted by molar-refractivity contribution is 5.95. The van der Waals surface area contributed by atoms with Crippen LogP contribution in [0.15, 0.2) is 60.7 Å². The summed E-state index contributed by atoms with van der Waals surface area (Å²) in [5.74, 6) is 1.89. The first kappa shape index (κ1) is 21.8. The number of amides is 1. The number of aromatic nitrogens is 2. The van der Waals surface area contributed by atoms with Crippen molar-refractivity contribution in [2.24, 2.45) is 0 Å². The number of likely N-dealkylation sites (tertiary alicyclic amines) is 1. The van der Waals surface area contributed by atoms with Crippen molar-refractivity contribution >= 4 is 11.7 Å². The number of rotatable bonds is 6. The van der Waals surface area contributed by atoms with Gasteiger partial charge < -0.3 is 0 Å². The average Bonchev–Trinajstić information content (AvgIpc) is 2.85. The summed E-state index contributed by atoms with van der Waals surface area (Å²) in [6.45, 7) is 4.70. The van der Waals surface area contributed by atoms with E-state index in [1.165, 1.54) is 24.0 Å². The first-order chi connectivity index (χ1) is 16.2. The highest BCUT2D eigenvalue weighted by Crippen LogP contribution is 2.34. The predicted molar refractivity (Wildman–Crippen MR) is 131 cm³/mol. The minimum atomic E-state index is 0.173. The highest BCUT2D eigenvalue weighted by atomic mass is 16.2. The number of carbonyl (C=O) groups excluding carboxylic acids is 1. The van der Waals surface area contributed by atoms with E-state index in [0.29, 0.717) is 13.0 Å². The van der Waals surface area contributed by atoms with Crippen molar-refractivity contribution in [3.05, 3.63) is 88.9 Å². The molecular weight excluding hydrogens is 408 g/mol. The van der Waals surface area contributed by atoms with E-state index in [0.717, 1.165) is 55.3 Å². The van der Waals surface area contributed by atoms with Crippen molar-refractivity contribution in [1.82, 2.24) is 14.9 Å². The summed E-state index contributed by atoms with van der Waals surface area (Å²) in [5.41, 5.74) is 4.72. The Bertz CT molecular complexity index is 1100. The van der Waals surface area contributed by atoms with Gasteiger partial charge in [0.1, 0.15) is 11.6 Å². The van der Waals surface area contributed by atoms with E-state index in [1.807, 2.05) is 11.0 Å². The summed E-state index contributed by atoms with van der Waals surface area (Å²) in [6, 6.07) is 21.2. The fraction of sp³-hybridized carbons (Fsp3) is 0.393. The Labute approximate surface area is 196 Å². The van der Waals surface area contributed by atoms with E-state index in [4.69, 9.17) is 9.97 Å². The quantitative estimate of drug-likeness (QED) is 0.539. The van der Waals surface area contributed by atoms with Gasteiger partial charge in [0, 0.05) is 30.8 Å². The van der Waals surface area contributed by atoms with Crippen LogP contribution in [0, 0.1) is 6.92 Å². The molecule has 5 nitrogen and oxygen atoms in total. The van der Waals surface area contributed by atoms with Gasteiger partial charge in [-0.15, -0.1) is 0 Å². The molecule has 0 spiro atoms. The van der Waals surface area contributed by atoms with Gasteiger partial charge in [0.05, 0.1) is 6.04 Å². The Kier molecular flexibility index (Phi) is 6.49. The van der Waals surface area contributed by atoms with Gasteiger partial charge in [0.15, 0.2) is 0 Å². The molecule has 0 aliphatic carbocycles. The van der Waals surface area contributed by atoms with Gasteiger partial charge in [-0.2, -0.15) is 0 Å². The van der Waals surface area contributed by atoms with Crippen molar-refractivity contribution in [2.75, 3.05) is 18.0 Å². The van der Waals surface area contributed by atoms with Crippen LogP contribution in [0.25, 0.3) is 0 Å². The molecule has 5 heteroatoms. The third-order valence-electron chi connectivity index (χ3n) is 6.96. The largest absolute Gasteiger partial charge is 0.296 e. The summed E-state index contributed by atoms with van der Waals surface area (Å²) in [4.78, 5) is 27.4. The smallest absolute Gasteiger partial charge is 0.228 e. The lowest BCUT2D eigenvalue weighted by molar-refractivity contribution is -0.118. The maximum atomic E-state index is 12.9. The lowest BCUT2D eigenvalue weighted by atomic mass is 9.98. The molecule has 0 bridgehead atoms. The molecule has 2 aromatic carbocycles. The number of fused-ring (bicyclic) bond motifs is 1. The number of nitrogens with zero attached hydrogens (tertiary/aromatic N) is 4. The van der Waals surface area contributed by atoms with Crippen LogP contribution in [0.3, 0.4) is 0 Å². The summed E-state index contributed by atoms with van der Waals surface area (Å²) in [5, 5.41) is 0. The average molecular weight is 441 g/mol. The molecule has 0 radical (unpaired) electrons. The molecule has 1 aromatic heterocycles. The van der Waals surface area contributed by atoms with Gasteiger partial charge >= 0.3 is 0 Å². The molecule has 2 aliphatic rings. The van der Waals surface area contributed by atoms with E-state index in [2.05, 4.69) is 66.4 Å². The Morgan fingerprint density at radius 2 is 1.64 bits per heavy atom. The SMILES string of the molecule is Cc1nc(C2CCCCN2Cc2ccccc2)nc2c1CCC(=O)N2CCc1ccccc1. The first-order valence-corrected chi connectivity index (χ1v) is 12.2. The van der Waals surface area contributed by atoms with E-state index in [1.54, 1.807) is 0 Å². The zero-order valence-corrected chi connectivity index (χ0v) is 19.4. The molecule has 3 heterocycles. The Balaban J connectivity index is 1.43. The Morgan fingerprint density at radius 3 is 2.39 bits per heavy atom. The lowest BCUT2D eigenvalue weighted by Gasteiger charge is -2.36. The van der Waals surface area contributed by atoms with E-state index in [-0.39, 0.29) is 11.9 Å². The molecule has 5 rings (SSSR count). The van der Waals surface area contributed by atoms with Crippen LogP contribution in [-0.2, 0) is 24.2 Å². The van der Waals surface area contributed by atoms with Gasteiger partial charge in [-0.1, -0.05) is 67.1 Å². The summed E-state index contributed by atoms with van der Waals surface area (Å²) in [7, 11) is 0. The lowest BCUT2D eigenvalue weighted by Crippen LogP contribution is -2.39. The van der Waals surface area contributed by atoms with Crippen LogP contribution >= 0.6 is 0 Å². The number of piperidine rings is 1. The molecule has 1 fully saturated rings. The van der Waals surface area contributed by atoms with Gasteiger partial charge in [-0.25, -0.2) is 9.97 Å². The molecule has 33 heavy (non-hydrogen) atoms. The standard InChI is InChI=1S/C28H32N4O/c1-21-24-15-16-26(33)32(19-17-22-10-4-2-5-11-22)28(24)30-27(29-21)25-14-8-9-18-31(25)20-23-12-6-3-7-13-23/h2-7,10-13,25H,8-9,14-20H2,1H3. The molecule has 1 amide bonds. The van der Waals surface area contributed by atoms with Crippen LogP contribution in [0.4, 0.5) is 5.82 Å². The second-order valence-corrected chi connectivity index (χ2v) is 9.22. The first-order valence-electron chi connectivity index (χ1n) is 12.2. The summed E-state index contributed by atoms with van der Waals surface area (Å²) in [6.07, 6.45) is 5.55. The molecule has 170 valence electrons. The van der Waals surface area contributed by atoms with Crippen LogP contribution < -0.4 is 4.90 Å². The second-order valence-electron chi connectivity index (χ2n) is 9.22. The van der Waals surface area contributed by atoms with Gasteiger partial charge in [0.2, 0.25) is 5.91 Å². The normalized spacial score (nSPS) is 18.9. The van der Waals surface area contributed by atoms with Crippen LogP contribution in [-0.4, -0.2) is 33.9 Å². The molecule has 1 saturated heterocycles. The summed E-state index contributed by atoms with van der Waals surface area (Å²) < 4.78 is 0. The van der Waals surface area contributed by atoms with Crippen molar-refractivity contribution in [3.63, 3.8) is 0 Å². The zero-order chi connectivity index (χ0) is 22.6. The van der Waals surface area contributed by atoms with E-state index < -0.39 is 0 Å². The number of benzene rings is 2. The fourth-order valence-electron chi connectivity index (χ4n) is 5.16. The maximum absolute atomic E-state index is 12.9. The second kappa shape index (κ2) is 9.84. The third-order valence-corrected chi connectivity index (χ3v) is 6.96. The number of hydrogen-bond acceptors (Lipinski definition) is 4. The Morgan fingerprint density at radius 1 is 0.909 bits per heavy atom. The molecule has 0 saturated carbocycles. The predicted octanol–water partition coefficient (Wildman–Crippen LogP) is 5.03. The number of hydrogen-bond donors (Lipinski definition) is 0.